The van der Waals surface area contributed by atoms with Crippen molar-refractivity contribution in [2.24, 2.45) is 5.73 Å². The van der Waals surface area contributed by atoms with Crippen LogP contribution in [0.2, 0.25) is 0 Å². The minimum atomic E-state index is -4.50. The molecule has 0 bridgehead atoms. The van der Waals surface area contributed by atoms with Gasteiger partial charge in [0, 0.05) is 6.54 Å². The molecule has 3 radical (unpaired) electrons. The Balaban J connectivity index is 3.01. The summed E-state index contributed by atoms with van der Waals surface area (Å²) in [6, 6.07) is 2.33. The van der Waals surface area contributed by atoms with E-state index in [9.17, 15) is 13.2 Å². The van der Waals surface area contributed by atoms with E-state index in [2.05, 4.69) is 4.98 Å². The van der Waals surface area contributed by atoms with Crippen LogP contribution in [-0.2, 0) is 12.7 Å². The van der Waals surface area contributed by atoms with E-state index in [1.165, 1.54) is 20.3 Å². The molecule has 0 aliphatic heterocycles. The summed E-state index contributed by atoms with van der Waals surface area (Å²) < 4.78 is 37.3. The molecule has 1 heterocycles. The summed E-state index contributed by atoms with van der Waals surface area (Å²) in [6.45, 7) is -0.00468. The Labute approximate surface area is 93.0 Å². The van der Waals surface area contributed by atoms with Gasteiger partial charge in [-0.15, -0.1) is 0 Å². The van der Waals surface area contributed by atoms with E-state index in [0.29, 0.717) is 12.9 Å². The first-order chi connectivity index (χ1) is 7.47. The van der Waals surface area contributed by atoms with Crippen molar-refractivity contribution in [2.75, 3.05) is 0 Å². The fourth-order valence-electron chi connectivity index (χ4n) is 1.10. The molecule has 16 heavy (non-hydrogen) atoms. The van der Waals surface area contributed by atoms with E-state index in [1.54, 1.807) is 0 Å². The number of hydrogen-bond acceptors (Lipinski definition) is 3. The largest absolute Gasteiger partial charge is 0.466 e. The first-order valence-electron chi connectivity index (χ1n) is 4.39. The molecule has 3 N–H and O–H groups in total. The molecule has 1 aromatic rings. The predicted octanol–water partition coefficient (Wildman–Crippen LogP) is -0.966. The van der Waals surface area contributed by atoms with Crippen LogP contribution < -0.4 is 11.3 Å². The standard InChI is InChI=1S/C7H7B3F3N2O/c11-7(12,13)5-1-4(3-14)2-6(15-5)8-9-10-16/h1-2,16H,3,14H2. The van der Waals surface area contributed by atoms with Crippen LogP contribution in [0.4, 0.5) is 13.2 Å². The third-order valence-corrected chi connectivity index (χ3v) is 1.78. The van der Waals surface area contributed by atoms with E-state index in [0.717, 1.165) is 6.07 Å². The summed E-state index contributed by atoms with van der Waals surface area (Å²) in [5, 5.41) is 8.40. The van der Waals surface area contributed by atoms with Gasteiger partial charge in [0.25, 0.3) is 0 Å². The Kier molecular flexibility index (Phi) is 4.43. The van der Waals surface area contributed by atoms with Crippen molar-refractivity contribution in [1.82, 2.24) is 4.98 Å². The third-order valence-electron chi connectivity index (χ3n) is 1.78. The fraction of sp³-hybridized carbons (Fsp3) is 0.286. The second-order valence-corrected chi connectivity index (χ2v) is 3.00. The molecule has 0 aliphatic rings. The van der Waals surface area contributed by atoms with Crippen LogP contribution in [0.5, 0.6) is 0 Å². The van der Waals surface area contributed by atoms with Gasteiger partial charge in [-0.3, -0.25) is 4.98 Å². The Bertz CT molecular complexity index is 361. The zero-order chi connectivity index (χ0) is 12.2. The van der Waals surface area contributed by atoms with Crippen molar-refractivity contribution >= 4 is 27.2 Å². The zero-order valence-corrected chi connectivity index (χ0v) is 8.20. The molecule has 81 valence electrons. The lowest BCUT2D eigenvalue weighted by molar-refractivity contribution is -0.141. The van der Waals surface area contributed by atoms with Crippen LogP contribution >= 0.6 is 0 Å². The number of halogens is 3. The van der Waals surface area contributed by atoms with Gasteiger partial charge in [-0.25, -0.2) is 0 Å². The van der Waals surface area contributed by atoms with Gasteiger partial charge in [0.05, 0.1) is 7.06 Å². The Morgan fingerprint density at radius 3 is 2.56 bits per heavy atom. The number of hydrogen-bond donors (Lipinski definition) is 2. The van der Waals surface area contributed by atoms with E-state index in [1.807, 2.05) is 0 Å². The van der Waals surface area contributed by atoms with Crippen molar-refractivity contribution in [1.29, 1.82) is 0 Å². The van der Waals surface area contributed by atoms with Crippen LogP contribution in [0.15, 0.2) is 12.1 Å². The van der Waals surface area contributed by atoms with Gasteiger partial charge in [-0.05, 0) is 23.3 Å². The third kappa shape index (κ3) is 3.57. The van der Waals surface area contributed by atoms with Crippen LogP contribution in [-0.4, -0.2) is 31.6 Å². The number of nitrogens with zero attached hydrogens (tertiary/aromatic N) is 1. The Morgan fingerprint density at radius 2 is 2.06 bits per heavy atom. The van der Waals surface area contributed by atoms with Gasteiger partial charge in [0.1, 0.15) is 12.9 Å². The van der Waals surface area contributed by atoms with Gasteiger partial charge in [-0.1, -0.05) is 0 Å². The smallest absolute Gasteiger partial charge is 0.433 e. The minimum Gasteiger partial charge on any atom is -0.466 e. The van der Waals surface area contributed by atoms with Crippen molar-refractivity contribution in [3.8, 4) is 0 Å². The molecule has 0 aromatic carbocycles. The van der Waals surface area contributed by atoms with Gasteiger partial charge >= 0.3 is 6.18 Å². The highest BCUT2D eigenvalue weighted by Crippen LogP contribution is 2.27. The molecule has 3 nitrogen and oxygen atoms in total. The molecule has 0 spiro atoms. The van der Waals surface area contributed by atoms with Crippen LogP contribution in [0.3, 0.4) is 0 Å². The van der Waals surface area contributed by atoms with E-state index in [4.69, 9.17) is 10.8 Å². The van der Waals surface area contributed by atoms with Crippen molar-refractivity contribution in [2.45, 2.75) is 12.7 Å². The summed E-state index contributed by atoms with van der Waals surface area (Å²) in [5.41, 5.74) is 4.72. The molecular weight excluding hydrogens is 218 g/mol. The highest BCUT2D eigenvalue weighted by Gasteiger charge is 2.32. The van der Waals surface area contributed by atoms with E-state index < -0.39 is 11.9 Å². The van der Waals surface area contributed by atoms with E-state index >= 15 is 0 Å². The molecule has 0 fully saturated rings. The van der Waals surface area contributed by atoms with Gasteiger partial charge < -0.3 is 10.8 Å². The normalized spacial score (nSPS) is 11.1. The summed E-state index contributed by atoms with van der Waals surface area (Å²) in [5.74, 6) is 0. The lowest BCUT2D eigenvalue weighted by Crippen LogP contribution is -2.30. The first kappa shape index (κ1) is 13.1. The molecule has 0 atom stereocenters. The Morgan fingerprint density at radius 1 is 1.38 bits per heavy atom. The SMILES string of the molecule is NCc1cc([B][B][B]O)nc(C(F)(F)F)c1. The highest BCUT2D eigenvalue weighted by molar-refractivity contribution is 7.30. The van der Waals surface area contributed by atoms with Crippen LogP contribution in [0, 0.1) is 0 Å². The van der Waals surface area contributed by atoms with Crippen molar-refractivity contribution in [3.63, 3.8) is 0 Å². The second-order valence-electron chi connectivity index (χ2n) is 3.00. The van der Waals surface area contributed by atoms with Crippen molar-refractivity contribution < 1.29 is 18.2 Å². The van der Waals surface area contributed by atoms with Crippen molar-refractivity contribution in [3.05, 3.63) is 23.4 Å². The quantitative estimate of drug-likeness (QED) is 0.648. The molecule has 1 aromatic heterocycles. The predicted molar refractivity (Wildman–Crippen MR) is 56.2 cm³/mol. The maximum absolute atomic E-state index is 12.4. The molecule has 0 saturated carbocycles. The summed E-state index contributed by atoms with van der Waals surface area (Å²) in [4.78, 5) is 3.39. The maximum Gasteiger partial charge on any atom is 0.433 e. The molecule has 9 heteroatoms. The lowest BCUT2D eigenvalue weighted by atomic mass is 9.24. The Hall–Kier alpha value is -0.945. The number of rotatable bonds is 4. The molecule has 1 rings (SSSR count). The summed E-state index contributed by atoms with van der Waals surface area (Å²) in [6.07, 6.45) is -4.50. The number of aromatic nitrogens is 1. The minimum absolute atomic E-state index is 0.00468. The molecule has 0 saturated heterocycles. The van der Waals surface area contributed by atoms with Gasteiger partial charge in [0.15, 0.2) is 0 Å². The number of nitrogens with two attached hydrogens (primary N) is 1. The monoisotopic (exact) mass is 225 g/mol. The summed E-state index contributed by atoms with van der Waals surface area (Å²) >= 11 is 0. The molecular formula is C7H7B3F3N2O. The summed E-state index contributed by atoms with van der Waals surface area (Å²) in [7, 11) is 3.15. The van der Waals surface area contributed by atoms with Gasteiger partial charge in [0.2, 0.25) is 7.37 Å². The first-order valence-corrected chi connectivity index (χ1v) is 4.39. The average molecular weight is 225 g/mol. The highest BCUT2D eigenvalue weighted by atomic mass is 19.4. The number of alkyl halides is 3. The second kappa shape index (κ2) is 5.40. The fourth-order valence-corrected chi connectivity index (χ4v) is 1.10. The topological polar surface area (TPSA) is 59.1 Å². The van der Waals surface area contributed by atoms with Crippen LogP contribution in [0.1, 0.15) is 11.3 Å². The van der Waals surface area contributed by atoms with Crippen LogP contribution in [0.25, 0.3) is 0 Å². The zero-order valence-electron chi connectivity index (χ0n) is 8.20. The maximum atomic E-state index is 12.4. The molecule has 0 aliphatic carbocycles. The van der Waals surface area contributed by atoms with E-state index in [-0.39, 0.29) is 12.1 Å². The molecule has 0 unspecified atom stereocenters. The molecule has 0 amide bonds. The number of pyridine rings is 1. The lowest BCUT2D eigenvalue weighted by Gasteiger charge is -2.09. The average Bonchev–Trinajstić information content (AvgIpc) is 2.24. The van der Waals surface area contributed by atoms with Gasteiger partial charge in [-0.2, -0.15) is 13.2 Å².